The van der Waals surface area contributed by atoms with Gasteiger partial charge in [-0.3, -0.25) is 0 Å². The molecule has 1 aliphatic heterocycles. The summed E-state index contributed by atoms with van der Waals surface area (Å²) in [5.41, 5.74) is 0. The van der Waals surface area contributed by atoms with E-state index in [-0.39, 0.29) is 0 Å². The molecule has 0 spiro atoms. The first-order chi connectivity index (χ1) is 4.86. The quantitative estimate of drug-likeness (QED) is 0.615. The molecule has 1 heterocycles. The number of hydrogen-bond donors (Lipinski definition) is 2. The van der Waals surface area contributed by atoms with Gasteiger partial charge in [-0.25, -0.2) is 0 Å². The normalized spacial score (nSPS) is 33.0. The summed E-state index contributed by atoms with van der Waals surface area (Å²) in [6.07, 6.45) is 4.91. The molecule has 1 rings (SSSR count). The lowest BCUT2D eigenvalue weighted by Gasteiger charge is -2.10. The lowest BCUT2D eigenvalue weighted by molar-refractivity contribution is 0.251. The Bertz CT molecular complexity index is 95.3. The highest BCUT2D eigenvalue weighted by atomic mass is 16.3. The molecule has 0 aliphatic carbocycles. The Balaban J connectivity index is 2.15. The van der Waals surface area contributed by atoms with Gasteiger partial charge in [0.25, 0.3) is 0 Å². The van der Waals surface area contributed by atoms with Gasteiger partial charge >= 0.3 is 0 Å². The van der Waals surface area contributed by atoms with Crippen LogP contribution in [0.4, 0.5) is 0 Å². The Kier molecular flexibility index (Phi) is 3.16. The van der Waals surface area contributed by atoms with E-state index < -0.39 is 0 Å². The predicted octanol–water partition coefficient (Wildman–Crippen LogP) is 0.899. The van der Waals surface area contributed by atoms with E-state index in [4.69, 9.17) is 5.11 Å². The van der Waals surface area contributed by atoms with Crippen LogP contribution in [0.3, 0.4) is 0 Å². The zero-order valence-corrected chi connectivity index (χ0v) is 6.64. The molecule has 0 aromatic carbocycles. The van der Waals surface area contributed by atoms with Crippen molar-refractivity contribution >= 4 is 0 Å². The molecule has 60 valence electrons. The molecule has 2 heteroatoms. The summed E-state index contributed by atoms with van der Waals surface area (Å²) in [5.74, 6) is 0. The third kappa shape index (κ3) is 1.96. The number of aliphatic hydroxyl groups excluding tert-OH is 1. The molecule has 0 radical (unpaired) electrons. The van der Waals surface area contributed by atoms with Crippen molar-refractivity contribution in [3.63, 3.8) is 0 Å². The Morgan fingerprint density at radius 3 is 2.60 bits per heavy atom. The first-order valence-electron chi connectivity index (χ1n) is 4.23. The Morgan fingerprint density at radius 2 is 2.10 bits per heavy atom. The maximum Gasteiger partial charge on any atom is 0.0584 e. The van der Waals surface area contributed by atoms with E-state index in [1.807, 2.05) is 0 Å². The molecule has 1 fully saturated rings. The second-order valence-corrected chi connectivity index (χ2v) is 3.11. The molecule has 1 aliphatic rings. The van der Waals surface area contributed by atoms with Crippen LogP contribution < -0.4 is 5.32 Å². The van der Waals surface area contributed by atoms with Crippen LogP contribution in [-0.2, 0) is 0 Å². The van der Waals surface area contributed by atoms with Gasteiger partial charge < -0.3 is 10.4 Å². The molecule has 10 heavy (non-hydrogen) atoms. The average Bonchev–Trinajstić information content (AvgIpc) is 2.37. The summed E-state index contributed by atoms with van der Waals surface area (Å²) in [6, 6.07) is 1.07. The van der Waals surface area contributed by atoms with Crippen molar-refractivity contribution in [2.24, 2.45) is 0 Å². The van der Waals surface area contributed by atoms with Gasteiger partial charge in [-0.05, 0) is 19.3 Å². The van der Waals surface area contributed by atoms with Crippen molar-refractivity contribution in [1.82, 2.24) is 5.32 Å². The van der Waals surface area contributed by atoms with Gasteiger partial charge in [0, 0.05) is 12.1 Å². The molecule has 0 bridgehead atoms. The van der Waals surface area contributed by atoms with E-state index >= 15 is 0 Å². The molecule has 0 saturated carbocycles. The number of rotatable bonds is 3. The number of nitrogens with one attached hydrogen (secondary N) is 1. The zero-order chi connectivity index (χ0) is 7.40. The fourth-order valence-corrected chi connectivity index (χ4v) is 1.62. The van der Waals surface area contributed by atoms with Crippen molar-refractivity contribution in [1.29, 1.82) is 0 Å². The third-order valence-corrected chi connectivity index (χ3v) is 2.19. The lowest BCUT2D eigenvalue weighted by atomic mass is 10.1. The third-order valence-electron chi connectivity index (χ3n) is 2.19. The van der Waals surface area contributed by atoms with E-state index in [0.29, 0.717) is 18.7 Å². The summed E-state index contributed by atoms with van der Waals surface area (Å²) >= 11 is 0. The maximum absolute atomic E-state index is 8.79. The monoisotopic (exact) mass is 143 g/mol. The van der Waals surface area contributed by atoms with Gasteiger partial charge in [0.1, 0.15) is 0 Å². The van der Waals surface area contributed by atoms with Crippen molar-refractivity contribution in [2.45, 2.75) is 44.7 Å². The Morgan fingerprint density at radius 1 is 1.40 bits per heavy atom. The fourth-order valence-electron chi connectivity index (χ4n) is 1.62. The van der Waals surface area contributed by atoms with E-state index in [1.165, 1.54) is 19.3 Å². The Hall–Kier alpha value is -0.0800. The highest BCUT2D eigenvalue weighted by Crippen LogP contribution is 2.15. The zero-order valence-electron chi connectivity index (χ0n) is 6.64. The molecule has 2 unspecified atom stereocenters. The van der Waals surface area contributed by atoms with Gasteiger partial charge in [-0.2, -0.15) is 0 Å². The fraction of sp³-hybridized carbons (Fsp3) is 1.00. The largest absolute Gasteiger partial charge is 0.395 e. The lowest BCUT2D eigenvalue weighted by Crippen LogP contribution is -2.31. The van der Waals surface area contributed by atoms with Crippen LogP contribution in [0.5, 0.6) is 0 Å². The van der Waals surface area contributed by atoms with Gasteiger partial charge in [0.05, 0.1) is 6.61 Å². The van der Waals surface area contributed by atoms with Crippen LogP contribution in [0.15, 0.2) is 0 Å². The minimum Gasteiger partial charge on any atom is -0.395 e. The van der Waals surface area contributed by atoms with Crippen molar-refractivity contribution < 1.29 is 5.11 Å². The summed E-state index contributed by atoms with van der Waals surface area (Å²) in [6.45, 7) is 2.51. The Labute approximate surface area is 62.6 Å². The van der Waals surface area contributed by atoms with Crippen LogP contribution in [0, 0.1) is 0 Å². The molecule has 0 aromatic rings. The maximum atomic E-state index is 8.79. The minimum absolute atomic E-state index is 0.306. The molecule has 0 amide bonds. The second kappa shape index (κ2) is 3.94. The SMILES string of the molecule is CCCC1CCC(CO)N1. The van der Waals surface area contributed by atoms with Gasteiger partial charge in [0.2, 0.25) is 0 Å². The molecule has 2 nitrogen and oxygen atoms in total. The molecular formula is C8H17NO. The van der Waals surface area contributed by atoms with E-state index in [2.05, 4.69) is 12.2 Å². The summed E-state index contributed by atoms with van der Waals surface area (Å²) in [7, 11) is 0. The standard InChI is InChI=1S/C8H17NO/c1-2-3-7-4-5-8(6-10)9-7/h7-10H,2-6H2,1H3. The van der Waals surface area contributed by atoms with Crippen LogP contribution in [0.25, 0.3) is 0 Å². The van der Waals surface area contributed by atoms with E-state index in [1.54, 1.807) is 0 Å². The highest BCUT2D eigenvalue weighted by molar-refractivity contribution is 4.82. The molecule has 2 N–H and O–H groups in total. The van der Waals surface area contributed by atoms with E-state index in [9.17, 15) is 0 Å². The summed E-state index contributed by atoms with van der Waals surface area (Å²) in [4.78, 5) is 0. The van der Waals surface area contributed by atoms with Crippen molar-refractivity contribution in [2.75, 3.05) is 6.61 Å². The molecule has 2 atom stereocenters. The summed E-state index contributed by atoms with van der Waals surface area (Å²) in [5, 5.41) is 12.2. The van der Waals surface area contributed by atoms with Crippen LogP contribution in [0.1, 0.15) is 32.6 Å². The minimum atomic E-state index is 0.306. The molecule has 1 saturated heterocycles. The predicted molar refractivity (Wildman–Crippen MR) is 41.9 cm³/mol. The molecular weight excluding hydrogens is 126 g/mol. The van der Waals surface area contributed by atoms with Gasteiger partial charge in [0.15, 0.2) is 0 Å². The van der Waals surface area contributed by atoms with Crippen molar-refractivity contribution in [3.8, 4) is 0 Å². The first kappa shape index (κ1) is 8.02. The van der Waals surface area contributed by atoms with Crippen LogP contribution >= 0.6 is 0 Å². The highest BCUT2D eigenvalue weighted by Gasteiger charge is 2.21. The van der Waals surface area contributed by atoms with Gasteiger partial charge in [-0.15, -0.1) is 0 Å². The van der Waals surface area contributed by atoms with Crippen LogP contribution in [0.2, 0.25) is 0 Å². The average molecular weight is 143 g/mol. The number of hydrogen-bond acceptors (Lipinski definition) is 2. The number of aliphatic hydroxyl groups is 1. The smallest absolute Gasteiger partial charge is 0.0584 e. The molecule has 0 aromatic heterocycles. The van der Waals surface area contributed by atoms with E-state index in [0.717, 1.165) is 6.42 Å². The van der Waals surface area contributed by atoms with Crippen LogP contribution in [-0.4, -0.2) is 23.8 Å². The second-order valence-electron chi connectivity index (χ2n) is 3.11. The first-order valence-corrected chi connectivity index (χ1v) is 4.23. The summed E-state index contributed by atoms with van der Waals surface area (Å²) < 4.78 is 0. The topological polar surface area (TPSA) is 32.3 Å². The van der Waals surface area contributed by atoms with Gasteiger partial charge in [-0.1, -0.05) is 13.3 Å². The van der Waals surface area contributed by atoms with Crippen molar-refractivity contribution in [3.05, 3.63) is 0 Å².